The molecule has 172 valence electrons. The van der Waals surface area contributed by atoms with E-state index < -0.39 is 27.9 Å². The summed E-state index contributed by atoms with van der Waals surface area (Å²) >= 11 is 0. The normalized spacial score (nSPS) is 12.2. The van der Waals surface area contributed by atoms with E-state index in [1.807, 2.05) is 0 Å². The van der Waals surface area contributed by atoms with E-state index in [0.29, 0.717) is 16.8 Å². The average Bonchev–Trinajstić information content (AvgIpc) is 3.38. The zero-order valence-corrected chi connectivity index (χ0v) is 17.5. The van der Waals surface area contributed by atoms with Crippen molar-refractivity contribution in [3.63, 3.8) is 0 Å². The highest BCUT2D eigenvalue weighted by atomic mass is 32.2. The predicted octanol–water partition coefficient (Wildman–Crippen LogP) is 2.17. The van der Waals surface area contributed by atoms with Crippen LogP contribution in [0.4, 0.5) is 13.2 Å². The van der Waals surface area contributed by atoms with Crippen molar-refractivity contribution in [3.05, 3.63) is 54.1 Å². The Morgan fingerprint density at radius 2 is 2.00 bits per heavy atom. The monoisotopic (exact) mass is 481 g/mol. The maximum Gasteiger partial charge on any atom is 0.433 e. The summed E-state index contributed by atoms with van der Waals surface area (Å²) in [6.07, 6.45) is -2.29. The minimum absolute atomic E-state index is 0.0302. The lowest BCUT2D eigenvalue weighted by Crippen LogP contribution is -2.11. The number of halogens is 3. The number of hydrogen-bond acceptors (Lipinski definition) is 9. The van der Waals surface area contributed by atoms with Crippen LogP contribution in [0.25, 0.3) is 22.8 Å². The molecule has 11 nitrogen and oxygen atoms in total. The third-order valence-corrected chi connectivity index (χ3v) is 5.31. The van der Waals surface area contributed by atoms with Crippen LogP contribution in [0.5, 0.6) is 6.01 Å². The van der Waals surface area contributed by atoms with Gasteiger partial charge in [-0.05, 0) is 18.2 Å². The van der Waals surface area contributed by atoms with Crippen LogP contribution in [0, 0.1) is 0 Å². The molecule has 33 heavy (non-hydrogen) atoms. The van der Waals surface area contributed by atoms with Crippen LogP contribution in [0.3, 0.4) is 0 Å². The number of aromatic nitrogens is 6. The summed E-state index contributed by atoms with van der Waals surface area (Å²) < 4.78 is 73.7. The van der Waals surface area contributed by atoms with E-state index in [-0.39, 0.29) is 23.2 Å². The largest absolute Gasteiger partial charge is 0.457 e. The number of rotatable bonds is 6. The van der Waals surface area contributed by atoms with E-state index in [2.05, 4.69) is 25.2 Å². The summed E-state index contributed by atoms with van der Waals surface area (Å²) in [4.78, 5) is 11.2. The summed E-state index contributed by atoms with van der Waals surface area (Å²) in [6.45, 7) is -0.244. The molecule has 3 heterocycles. The molecule has 0 spiro atoms. The molecular formula is C18H14F3N7O4S. The van der Waals surface area contributed by atoms with Gasteiger partial charge in [-0.1, -0.05) is 17.3 Å². The Labute approximate surface area is 184 Å². The molecule has 0 amide bonds. The van der Waals surface area contributed by atoms with E-state index in [1.54, 1.807) is 13.1 Å². The number of hydrogen-bond donors (Lipinski definition) is 1. The molecule has 2 N–H and O–H groups in total. The lowest BCUT2D eigenvalue weighted by Gasteiger charge is -2.08. The molecule has 4 rings (SSSR count). The number of nitrogens with two attached hydrogens (primary N) is 1. The lowest BCUT2D eigenvalue weighted by molar-refractivity contribution is -0.141. The standard InChI is InChI=1S/C18H14F3N7O4S/c1-28-13(9-31-17-23-6-5-14(25-17)18(19,20)21)12(8-24-28)16-26-15(27-32-16)10-3-2-4-11(7-10)33(22,29)30/h2-8H,9H2,1H3,(H2,22,29,30). The van der Waals surface area contributed by atoms with Gasteiger partial charge in [0.1, 0.15) is 6.61 Å². The molecular weight excluding hydrogens is 467 g/mol. The molecule has 3 aromatic heterocycles. The van der Waals surface area contributed by atoms with Crippen molar-refractivity contribution in [2.24, 2.45) is 12.2 Å². The van der Waals surface area contributed by atoms with Gasteiger partial charge in [0.05, 0.1) is 22.3 Å². The molecule has 0 aliphatic rings. The number of primary sulfonamides is 1. The number of sulfonamides is 1. The Morgan fingerprint density at radius 1 is 1.21 bits per heavy atom. The van der Waals surface area contributed by atoms with Gasteiger partial charge in [-0.2, -0.15) is 28.2 Å². The van der Waals surface area contributed by atoms with Crippen molar-refractivity contribution in [1.82, 2.24) is 29.9 Å². The van der Waals surface area contributed by atoms with Gasteiger partial charge in [0.25, 0.3) is 5.89 Å². The van der Waals surface area contributed by atoms with Crippen molar-refractivity contribution in [2.75, 3.05) is 0 Å². The first kappa shape index (κ1) is 22.3. The Balaban J connectivity index is 1.59. The molecule has 4 aromatic rings. The zero-order chi connectivity index (χ0) is 23.8. The quantitative estimate of drug-likeness (QED) is 0.437. The van der Waals surface area contributed by atoms with E-state index in [9.17, 15) is 21.6 Å². The summed E-state index contributed by atoms with van der Waals surface area (Å²) in [7, 11) is -2.34. The van der Waals surface area contributed by atoms with E-state index in [0.717, 1.165) is 12.3 Å². The van der Waals surface area contributed by atoms with Gasteiger partial charge in [-0.25, -0.2) is 18.5 Å². The molecule has 0 saturated carbocycles. The average molecular weight is 481 g/mol. The Bertz CT molecular complexity index is 1420. The zero-order valence-electron chi connectivity index (χ0n) is 16.7. The van der Waals surface area contributed by atoms with Crippen LogP contribution in [-0.2, 0) is 29.9 Å². The molecule has 0 saturated heterocycles. The first-order valence-electron chi connectivity index (χ1n) is 9.03. The van der Waals surface area contributed by atoms with Gasteiger partial charge in [-0.15, -0.1) is 0 Å². The highest BCUT2D eigenvalue weighted by molar-refractivity contribution is 7.89. The van der Waals surface area contributed by atoms with Crippen molar-refractivity contribution in [3.8, 4) is 28.9 Å². The van der Waals surface area contributed by atoms with Gasteiger partial charge in [0.2, 0.25) is 15.8 Å². The van der Waals surface area contributed by atoms with E-state index in [1.165, 1.54) is 29.1 Å². The Hall–Kier alpha value is -3.85. The first-order valence-corrected chi connectivity index (χ1v) is 10.6. The van der Waals surface area contributed by atoms with Crippen LogP contribution in [0.1, 0.15) is 11.4 Å². The minimum Gasteiger partial charge on any atom is -0.457 e. The van der Waals surface area contributed by atoms with E-state index >= 15 is 0 Å². The van der Waals surface area contributed by atoms with Crippen LogP contribution >= 0.6 is 0 Å². The van der Waals surface area contributed by atoms with Gasteiger partial charge in [0.15, 0.2) is 5.69 Å². The smallest absolute Gasteiger partial charge is 0.433 e. The van der Waals surface area contributed by atoms with Crippen molar-refractivity contribution >= 4 is 10.0 Å². The Morgan fingerprint density at radius 3 is 2.73 bits per heavy atom. The number of ether oxygens (including phenoxy) is 1. The predicted molar refractivity (Wildman–Crippen MR) is 105 cm³/mol. The van der Waals surface area contributed by atoms with Gasteiger partial charge in [0, 0.05) is 18.8 Å². The highest BCUT2D eigenvalue weighted by Gasteiger charge is 2.33. The highest BCUT2D eigenvalue weighted by Crippen LogP contribution is 2.29. The van der Waals surface area contributed by atoms with Crippen LogP contribution < -0.4 is 9.88 Å². The first-order chi connectivity index (χ1) is 15.5. The summed E-state index contributed by atoms with van der Waals surface area (Å²) in [6, 6.07) is 5.93. The fourth-order valence-corrected chi connectivity index (χ4v) is 3.34. The molecule has 0 aliphatic heterocycles. The summed E-state index contributed by atoms with van der Waals surface area (Å²) in [5.41, 5.74) is -0.0492. The Kier molecular flexibility index (Phi) is 5.59. The molecule has 1 aromatic carbocycles. The van der Waals surface area contributed by atoms with Gasteiger partial charge < -0.3 is 9.26 Å². The lowest BCUT2D eigenvalue weighted by atomic mass is 10.2. The fraction of sp³-hybridized carbons (Fsp3) is 0.167. The van der Waals surface area contributed by atoms with Crippen LogP contribution in [-0.4, -0.2) is 38.3 Å². The van der Waals surface area contributed by atoms with E-state index in [4.69, 9.17) is 14.4 Å². The molecule has 0 atom stereocenters. The van der Waals surface area contributed by atoms with Crippen LogP contribution in [0.2, 0.25) is 0 Å². The van der Waals surface area contributed by atoms with Crippen LogP contribution in [0.15, 0.2) is 52.1 Å². The number of nitrogens with zero attached hydrogens (tertiary/aromatic N) is 6. The topological polar surface area (TPSA) is 152 Å². The van der Waals surface area contributed by atoms with Crippen molar-refractivity contribution in [2.45, 2.75) is 17.7 Å². The summed E-state index contributed by atoms with van der Waals surface area (Å²) in [5, 5.41) is 13.1. The maximum absolute atomic E-state index is 12.8. The molecule has 15 heteroatoms. The van der Waals surface area contributed by atoms with Crippen molar-refractivity contribution in [1.29, 1.82) is 0 Å². The second-order valence-corrected chi connectivity index (χ2v) is 8.20. The molecule has 0 aliphatic carbocycles. The summed E-state index contributed by atoms with van der Waals surface area (Å²) in [5.74, 6) is 0.120. The SMILES string of the molecule is Cn1ncc(-c2nc(-c3cccc(S(N)(=O)=O)c3)no2)c1COc1nccc(C(F)(F)F)n1. The minimum atomic E-state index is -4.64. The molecule has 0 bridgehead atoms. The molecule has 0 unspecified atom stereocenters. The third kappa shape index (κ3) is 4.83. The van der Waals surface area contributed by atoms with Gasteiger partial charge in [-0.3, -0.25) is 4.68 Å². The number of benzene rings is 1. The molecule has 0 fully saturated rings. The van der Waals surface area contributed by atoms with Gasteiger partial charge >= 0.3 is 12.2 Å². The third-order valence-electron chi connectivity index (χ3n) is 4.40. The second-order valence-electron chi connectivity index (χ2n) is 6.64. The number of alkyl halides is 3. The molecule has 0 radical (unpaired) electrons. The fourth-order valence-electron chi connectivity index (χ4n) is 2.78. The van der Waals surface area contributed by atoms with Crippen molar-refractivity contribution < 1.29 is 30.8 Å². The second kappa shape index (κ2) is 8.25. The number of aryl methyl sites for hydroxylation is 1. The maximum atomic E-state index is 12.8.